The largest absolute Gasteiger partial charge is 0.459 e. The van der Waals surface area contributed by atoms with Crippen LogP contribution < -0.4 is 10.9 Å². The van der Waals surface area contributed by atoms with Crippen molar-refractivity contribution < 1.29 is 14.0 Å². The van der Waals surface area contributed by atoms with Crippen LogP contribution in [0.4, 0.5) is 0 Å². The molecule has 0 unspecified atom stereocenters. The number of rotatable bonds is 2. The smallest absolute Gasteiger partial charge is 0.305 e. The minimum absolute atomic E-state index is 0.148. The van der Waals surface area contributed by atoms with E-state index < -0.39 is 5.91 Å². The van der Waals surface area contributed by atoms with Crippen molar-refractivity contribution in [1.82, 2.24) is 10.9 Å². The molecule has 0 saturated carbocycles. The van der Waals surface area contributed by atoms with Crippen LogP contribution in [0.15, 0.2) is 28.2 Å². The van der Waals surface area contributed by atoms with Crippen LogP contribution in [0.2, 0.25) is 0 Å². The summed E-state index contributed by atoms with van der Waals surface area (Å²) >= 11 is 1.35. The first-order chi connectivity index (χ1) is 8.59. The van der Waals surface area contributed by atoms with Crippen LogP contribution in [0, 0.1) is 13.8 Å². The number of amides is 2. The molecule has 0 aliphatic rings. The number of carbonyl (C=O) groups excluding carboxylic acids is 2. The van der Waals surface area contributed by atoms with Crippen molar-refractivity contribution in [1.29, 1.82) is 0 Å². The summed E-state index contributed by atoms with van der Waals surface area (Å²) in [6.45, 7) is 3.80. The highest BCUT2D eigenvalue weighted by atomic mass is 32.1. The normalized spacial score (nSPS) is 10.1. The summed E-state index contributed by atoms with van der Waals surface area (Å²) in [6, 6.07) is 3.12. The summed E-state index contributed by atoms with van der Waals surface area (Å²) in [5.74, 6) is -0.667. The first-order valence-electron chi connectivity index (χ1n) is 5.28. The molecule has 0 fully saturated rings. The molecule has 2 aromatic heterocycles. The fourth-order valence-corrected chi connectivity index (χ4v) is 2.33. The summed E-state index contributed by atoms with van der Waals surface area (Å²) in [6.07, 6.45) is 1.39. The molecule has 5 nitrogen and oxygen atoms in total. The SMILES string of the molecule is Cc1csc(C(=O)NNC(=O)c2ccco2)c1C. The fourth-order valence-electron chi connectivity index (χ4n) is 1.37. The number of carbonyl (C=O) groups is 2. The zero-order valence-electron chi connectivity index (χ0n) is 9.94. The van der Waals surface area contributed by atoms with E-state index in [0.29, 0.717) is 4.88 Å². The summed E-state index contributed by atoms with van der Waals surface area (Å²) in [5, 5.41) is 1.90. The predicted octanol–water partition coefficient (Wildman–Crippen LogP) is 2.03. The number of aryl methyl sites for hydroxylation is 1. The van der Waals surface area contributed by atoms with Crippen LogP contribution in [0.3, 0.4) is 0 Å². The average Bonchev–Trinajstić information content (AvgIpc) is 2.98. The van der Waals surface area contributed by atoms with Gasteiger partial charge in [0.2, 0.25) is 0 Å². The second-order valence-corrected chi connectivity index (χ2v) is 4.64. The van der Waals surface area contributed by atoms with Crippen LogP contribution in [0.5, 0.6) is 0 Å². The molecule has 2 rings (SSSR count). The van der Waals surface area contributed by atoms with E-state index >= 15 is 0 Å². The van der Waals surface area contributed by atoms with Crippen LogP contribution in [-0.2, 0) is 0 Å². The van der Waals surface area contributed by atoms with Crippen molar-refractivity contribution in [2.75, 3.05) is 0 Å². The number of thiophene rings is 1. The molecule has 2 N–H and O–H groups in total. The first kappa shape index (κ1) is 12.4. The van der Waals surface area contributed by atoms with E-state index in [1.54, 1.807) is 6.07 Å². The van der Waals surface area contributed by atoms with E-state index in [4.69, 9.17) is 4.42 Å². The topological polar surface area (TPSA) is 71.3 Å². The lowest BCUT2D eigenvalue weighted by Gasteiger charge is -2.05. The van der Waals surface area contributed by atoms with Gasteiger partial charge in [0.15, 0.2) is 5.76 Å². The van der Waals surface area contributed by atoms with Gasteiger partial charge in [0.25, 0.3) is 5.91 Å². The third-order valence-electron chi connectivity index (χ3n) is 2.53. The van der Waals surface area contributed by atoms with Crippen LogP contribution in [0.1, 0.15) is 31.4 Å². The maximum Gasteiger partial charge on any atom is 0.305 e. The molecule has 0 aliphatic heterocycles. The molecule has 94 valence electrons. The van der Waals surface area contributed by atoms with Gasteiger partial charge in [0.05, 0.1) is 11.1 Å². The highest BCUT2D eigenvalue weighted by Gasteiger charge is 2.14. The standard InChI is InChI=1S/C12H12N2O3S/c1-7-6-18-10(8(7)2)12(16)14-13-11(15)9-4-3-5-17-9/h3-6H,1-2H3,(H,13,15)(H,14,16). The van der Waals surface area contributed by atoms with E-state index in [2.05, 4.69) is 10.9 Å². The summed E-state index contributed by atoms with van der Waals surface area (Å²) < 4.78 is 4.90. The van der Waals surface area contributed by atoms with Crippen molar-refractivity contribution in [3.8, 4) is 0 Å². The number of hydrogen-bond acceptors (Lipinski definition) is 4. The lowest BCUT2D eigenvalue weighted by atomic mass is 10.2. The maximum atomic E-state index is 11.8. The Morgan fingerprint density at radius 3 is 2.50 bits per heavy atom. The van der Waals surface area contributed by atoms with Crippen molar-refractivity contribution in [2.45, 2.75) is 13.8 Å². The van der Waals surface area contributed by atoms with E-state index in [9.17, 15) is 9.59 Å². The van der Waals surface area contributed by atoms with Gasteiger partial charge in [-0.1, -0.05) is 0 Å². The Kier molecular flexibility index (Phi) is 3.47. The molecule has 0 saturated heterocycles. The zero-order chi connectivity index (χ0) is 13.1. The second kappa shape index (κ2) is 5.05. The third-order valence-corrected chi connectivity index (χ3v) is 3.73. The number of hydrogen-bond donors (Lipinski definition) is 2. The quantitative estimate of drug-likeness (QED) is 0.815. The molecule has 0 atom stereocenters. The van der Waals surface area contributed by atoms with Gasteiger partial charge < -0.3 is 4.42 Å². The number of furan rings is 1. The van der Waals surface area contributed by atoms with Gasteiger partial charge in [-0.3, -0.25) is 20.4 Å². The molecule has 2 heterocycles. The molecule has 2 aromatic rings. The number of nitrogens with one attached hydrogen (secondary N) is 2. The Morgan fingerprint density at radius 2 is 1.94 bits per heavy atom. The van der Waals surface area contributed by atoms with Gasteiger partial charge in [-0.25, -0.2) is 0 Å². The Hall–Kier alpha value is -2.08. The van der Waals surface area contributed by atoms with E-state index in [0.717, 1.165) is 11.1 Å². The molecule has 6 heteroatoms. The van der Waals surface area contributed by atoms with Gasteiger partial charge in [0.1, 0.15) is 0 Å². The Bertz CT molecular complexity index is 572. The van der Waals surface area contributed by atoms with Gasteiger partial charge in [-0.2, -0.15) is 0 Å². The van der Waals surface area contributed by atoms with Gasteiger partial charge in [0, 0.05) is 0 Å². The van der Waals surface area contributed by atoms with Crippen LogP contribution in [-0.4, -0.2) is 11.8 Å². The van der Waals surface area contributed by atoms with Crippen molar-refractivity contribution in [3.05, 3.63) is 45.5 Å². The van der Waals surface area contributed by atoms with E-state index in [-0.39, 0.29) is 11.7 Å². The second-order valence-electron chi connectivity index (χ2n) is 3.76. The number of hydrazine groups is 1. The molecule has 0 bridgehead atoms. The highest BCUT2D eigenvalue weighted by Crippen LogP contribution is 2.20. The van der Waals surface area contributed by atoms with Gasteiger partial charge in [-0.05, 0) is 42.5 Å². The predicted molar refractivity (Wildman–Crippen MR) is 67.4 cm³/mol. The molecular formula is C12H12N2O3S. The Morgan fingerprint density at radius 1 is 1.22 bits per heavy atom. The molecule has 0 radical (unpaired) electrons. The van der Waals surface area contributed by atoms with E-state index in [1.807, 2.05) is 19.2 Å². The van der Waals surface area contributed by atoms with Crippen LogP contribution in [0.25, 0.3) is 0 Å². The molecular weight excluding hydrogens is 252 g/mol. The molecule has 0 aromatic carbocycles. The van der Waals surface area contributed by atoms with Crippen molar-refractivity contribution in [2.24, 2.45) is 0 Å². The lowest BCUT2D eigenvalue weighted by molar-refractivity contribution is 0.0832. The summed E-state index contributed by atoms with van der Waals surface area (Å²) in [5.41, 5.74) is 6.63. The summed E-state index contributed by atoms with van der Waals surface area (Å²) in [7, 11) is 0. The maximum absolute atomic E-state index is 11.8. The Balaban J connectivity index is 1.97. The molecule has 0 spiro atoms. The fraction of sp³-hybridized carbons (Fsp3) is 0.167. The molecule has 18 heavy (non-hydrogen) atoms. The summed E-state index contributed by atoms with van der Waals surface area (Å²) in [4.78, 5) is 23.9. The zero-order valence-corrected chi connectivity index (χ0v) is 10.8. The monoisotopic (exact) mass is 264 g/mol. The lowest BCUT2D eigenvalue weighted by Crippen LogP contribution is -2.41. The third kappa shape index (κ3) is 2.43. The van der Waals surface area contributed by atoms with Crippen molar-refractivity contribution >= 4 is 23.2 Å². The van der Waals surface area contributed by atoms with Crippen molar-refractivity contribution in [3.63, 3.8) is 0 Å². The minimum atomic E-state index is -0.487. The van der Waals surface area contributed by atoms with Gasteiger partial charge >= 0.3 is 5.91 Å². The highest BCUT2D eigenvalue weighted by molar-refractivity contribution is 7.12. The first-order valence-corrected chi connectivity index (χ1v) is 6.16. The van der Waals surface area contributed by atoms with Gasteiger partial charge in [-0.15, -0.1) is 11.3 Å². The molecule has 0 aliphatic carbocycles. The minimum Gasteiger partial charge on any atom is -0.459 e. The van der Waals surface area contributed by atoms with Crippen LogP contribution >= 0.6 is 11.3 Å². The Labute approximate surface area is 108 Å². The molecule has 2 amide bonds. The van der Waals surface area contributed by atoms with E-state index in [1.165, 1.54) is 23.7 Å². The average molecular weight is 264 g/mol.